The summed E-state index contributed by atoms with van der Waals surface area (Å²) in [6.45, 7) is 7.98. The number of hydrogen-bond donors (Lipinski definition) is 1. The Morgan fingerprint density at radius 3 is 2.40 bits per heavy atom. The van der Waals surface area contributed by atoms with E-state index in [0.29, 0.717) is 32.2 Å². The van der Waals surface area contributed by atoms with Crippen molar-refractivity contribution in [2.75, 3.05) is 19.7 Å². The number of amides is 2. The Balaban J connectivity index is 1.25. The van der Waals surface area contributed by atoms with Gasteiger partial charge < -0.3 is 24.4 Å². The average molecular weight is 419 g/mol. The highest BCUT2D eigenvalue weighted by atomic mass is 16.6. The summed E-state index contributed by atoms with van der Waals surface area (Å²) in [4.78, 5) is 25.8. The molecule has 1 saturated carbocycles. The van der Waals surface area contributed by atoms with Gasteiger partial charge in [0.25, 0.3) is 0 Å². The van der Waals surface area contributed by atoms with Gasteiger partial charge in [0.15, 0.2) is 0 Å². The van der Waals surface area contributed by atoms with Crippen LogP contribution in [0.4, 0.5) is 9.59 Å². The minimum atomic E-state index is -0.480. The van der Waals surface area contributed by atoms with Crippen molar-refractivity contribution in [1.29, 1.82) is 0 Å². The van der Waals surface area contributed by atoms with Gasteiger partial charge in [0.05, 0.1) is 6.10 Å². The van der Waals surface area contributed by atoms with E-state index in [1.54, 1.807) is 4.90 Å². The number of carbonyl (C=O) groups is 2. The first kappa shape index (κ1) is 22.4. The number of nitrogens with zero attached hydrogens (tertiary/aromatic N) is 1. The number of piperidine rings is 1. The summed E-state index contributed by atoms with van der Waals surface area (Å²) in [5.74, 6) is 0.459. The molecule has 1 aromatic rings. The van der Waals surface area contributed by atoms with Crippen molar-refractivity contribution < 1.29 is 23.8 Å². The second-order valence-electron chi connectivity index (χ2n) is 9.24. The van der Waals surface area contributed by atoms with Crippen LogP contribution in [0.2, 0.25) is 0 Å². The highest BCUT2D eigenvalue weighted by molar-refractivity contribution is 5.68. The Bertz CT molecular complexity index is 689. The van der Waals surface area contributed by atoms with Crippen LogP contribution in [-0.2, 0) is 20.8 Å². The molecule has 0 atom stereocenters. The molecule has 1 saturated heterocycles. The maximum Gasteiger partial charge on any atom is 0.410 e. The predicted octanol–water partition coefficient (Wildman–Crippen LogP) is 4.11. The predicted molar refractivity (Wildman–Crippen MR) is 113 cm³/mol. The van der Waals surface area contributed by atoms with Gasteiger partial charge >= 0.3 is 12.2 Å². The topological polar surface area (TPSA) is 77.1 Å². The number of likely N-dealkylation sites (tertiary alicyclic amines) is 1. The van der Waals surface area contributed by atoms with E-state index in [1.807, 2.05) is 51.1 Å². The van der Waals surface area contributed by atoms with Crippen molar-refractivity contribution in [3.05, 3.63) is 35.9 Å². The quantitative estimate of drug-likeness (QED) is 0.752. The highest BCUT2D eigenvalue weighted by Crippen LogP contribution is 2.26. The molecule has 1 heterocycles. The standard InChI is InChI=1S/C23H34N2O5/c1-23(2,3)30-21(26)24-19-13-20(14-19)28-15-18-9-11-25(12-10-18)22(27)29-16-17-7-5-4-6-8-17/h4-8,18-20H,9-16H2,1-3H3,(H,24,26). The number of hydrogen-bond acceptors (Lipinski definition) is 5. The molecule has 1 aliphatic carbocycles. The number of ether oxygens (including phenoxy) is 3. The molecule has 1 aliphatic heterocycles. The van der Waals surface area contributed by atoms with Crippen LogP contribution < -0.4 is 5.32 Å². The van der Waals surface area contributed by atoms with E-state index < -0.39 is 5.60 Å². The van der Waals surface area contributed by atoms with E-state index in [1.165, 1.54) is 0 Å². The first-order valence-electron chi connectivity index (χ1n) is 10.9. The second-order valence-corrected chi connectivity index (χ2v) is 9.24. The maximum atomic E-state index is 12.2. The first-order chi connectivity index (χ1) is 14.3. The van der Waals surface area contributed by atoms with E-state index in [-0.39, 0.29) is 24.3 Å². The van der Waals surface area contributed by atoms with Crippen molar-refractivity contribution in [2.24, 2.45) is 5.92 Å². The van der Waals surface area contributed by atoms with Gasteiger partial charge in [-0.1, -0.05) is 30.3 Å². The third-order valence-corrected chi connectivity index (χ3v) is 5.46. The summed E-state index contributed by atoms with van der Waals surface area (Å²) in [5.41, 5.74) is 0.515. The second kappa shape index (κ2) is 10.2. The molecule has 0 aromatic heterocycles. The van der Waals surface area contributed by atoms with Crippen molar-refractivity contribution in [3.63, 3.8) is 0 Å². The third-order valence-electron chi connectivity index (χ3n) is 5.46. The summed E-state index contributed by atoms with van der Waals surface area (Å²) in [6.07, 6.45) is 3.08. The van der Waals surface area contributed by atoms with E-state index in [9.17, 15) is 9.59 Å². The molecule has 0 radical (unpaired) electrons. The summed E-state index contributed by atoms with van der Waals surface area (Å²) < 4.78 is 16.7. The van der Waals surface area contributed by atoms with Gasteiger partial charge in [0, 0.05) is 25.7 Å². The van der Waals surface area contributed by atoms with E-state index in [4.69, 9.17) is 14.2 Å². The molecule has 1 N–H and O–H groups in total. The molecule has 2 fully saturated rings. The minimum absolute atomic E-state index is 0.131. The highest BCUT2D eigenvalue weighted by Gasteiger charge is 2.33. The van der Waals surface area contributed by atoms with Crippen LogP contribution in [0, 0.1) is 5.92 Å². The van der Waals surface area contributed by atoms with Crippen molar-refractivity contribution in [2.45, 2.75) is 70.8 Å². The molecule has 2 amide bonds. The molecule has 7 nitrogen and oxygen atoms in total. The normalized spacial score (nSPS) is 22.2. The van der Waals surface area contributed by atoms with Gasteiger partial charge in [-0.3, -0.25) is 0 Å². The largest absolute Gasteiger partial charge is 0.445 e. The summed E-state index contributed by atoms with van der Waals surface area (Å²) in [7, 11) is 0. The number of rotatable bonds is 6. The lowest BCUT2D eigenvalue weighted by Crippen LogP contribution is -2.49. The Morgan fingerprint density at radius 1 is 1.10 bits per heavy atom. The number of carbonyl (C=O) groups excluding carboxylic acids is 2. The molecule has 0 unspecified atom stereocenters. The Labute approximate surface area is 179 Å². The van der Waals surface area contributed by atoms with Crippen LogP contribution in [0.3, 0.4) is 0 Å². The fraction of sp³-hybridized carbons (Fsp3) is 0.652. The fourth-order valence-electron chi connectivity index (χ4n) is 3.66. The Morgan fingerprint density at radius 2 is 1.77 bits per heavy atom. The SMILES string of the molecule is CC(C)(C)OC(=O)NC1CC(OCC2CCN(C(=O)OCc3ccccc3)CC2)C1. The lowest BCUT2D eigenvalue weighted by molar-refractivity contribution is -0.0416. The Kier molecular flexibility index (Phi) is 7.58. The zero-order valence-corrected chi connectivity index (χ0v) is 18.3. The lowest BCUT2D eigenvalue weighted by atomic mass is 9.89. The first-order valence-corrected chi connectivity index (χ1v) is 10.9. The zero-order valence-electron chi connectivity index (χ0n) is 18.3. The number of benzene rings is 1. The van der Waals surface area contributed by atoms with Gasteiger partial charge in [-0.05, 0) is 57.9 Å². The molecule has 30 heavy (non-hydrogen) atoms. The van der Waals surface area contributed by atoms with Gasteiger partial charge in [0.2, 0.25) is 0 Å². The van der Waals surface area contributed by atoms with E-state index in [0.717, 1.165) is 31.2 Å². The third kappa shape index (κ3) is 7.20. The zero-order chi connectivity index (χ0) is 21.6. The van der Waals surface area contributed by atoms with E-state index in [2.05, 4.69) is 5.32 Å². The smallest absolute Gasteiger partial charge is 0.410 e. The van der Waals surface area contributed by atoms with Gasteiger partial charge in [-0.15, -0.1) is 0 Å². The van der Waals surface area contributed by atoms with Gasteiger partial charge in [0.1, 0.15) is 12.2 Å². The molecular weight excluding hydrogens is 384 g/mol. The van der Waals surface area contributed by atoms with Crippen LogP contribution in [0.15, 0.2) is 30.3 Å². The molecular formula is C23H34N2O5. The van der Waals surface area contributed by atoms with Crippen molar-refractivity contribution >= 4 is 12.2 Å². The van der Waals surface area contributed by atoms with Crippen LogP contribution in [0.5, 0.6) is 0 Å². The molecule has 0 bridgehead atoms. The summed E-state index contributed by atoms with van der Waals surface area (Å²) in [5, 5.41) is 2.88. The lowest BCUT2D eigenvalue weighted by Gasteiger charge is -2.37. The molecule has 7 heteroatoms. The molecule has 2 aliphatic rings. The molecule has 0 spiro atoms. The molecule has 166 valence electrons. The fourth-order valence-corrected chi connectivity index (χ4v) is 3.66. The van der Waals surface area contributed by atoms with Gasteiger partial charge in [-0.2, -0.15) is 0 Å². The van der Waals surface area contributed by atoms with Crippen LogP contribution in [0.1, 0.15) is 52.0 Å². The van der Waals surface area contributed by atoms with Crippen LogP contribution in [0.25, 0.3) is 0 Å². The maximum absolute atomic E-state index is 12.2. The Hall–Kier alpha value is -2.28. The van der Waals surface area contributed by atoms with Crippen LogP contribution >= 0.6 is 0 Å². The average Bonchev–Trinajstić information content (AvgIpc) is 2.67. The van der Waals surface area contributed by atoms with Crippen molar-refractivity contribution in [1.82, 2.24) is 10.2 Å². The summed E-state index contributed by atoms with van der Waals surface area (Å²) in [6, 6.07) is 9.85. The van der Waals surface area contributed by atoms with E-state index >= 15 is 0 Å². The summed E-state index contributed by atoms with van der Waals surface area (Å²) >= 11 is 0. The van der Waals surface area contributed by atoms with Gasteiger partial charge in [-0.25, -0.2) is 9.59 Å². The van der Waals surface area contributed by atoms with Crippen LogP contribution in [-0.4, -0.2) is 54.5 Å². The number of alkyl carbamates (subject to hydrolysis) is 1. The minimum Gasteiger partial charge on any atom is -0.445 e. The molecule has 1 aromatic carbocycles. The number of nitrogens with one attached hydrogen (secondary N) is 1. The van der Waals surface area contributed by atoms with Crippen molar-refractivity contribution in [3.8, 4) is 0 Å². The monoisotopic (exact) mass is 418 g/mol. The molecule has 3 rings (SSSR count).